The van der Waals surface area contributed by atoms with E-state index in [4.69, 9.17) is 14.6 Å². The summed E-state index contributed by atoms with van der Waals surface area (Å²) in [5.74, 6) is 0.810. The molecular formula is C18H23NO5. The second-order valence-corrected chi connectivity index (χ2v) is 6.25. The number of ether oxygens (including phenoxy) is 2. The van der Waals surface area contributed by atoms with Crippen LogP contribution in [0.2, 0.25) is 0 Å². The van der Waals surface area contributed by atoms with Gasteiger partial charge in [0.25, 0.3) is 0 Å². The molecule has 2 aliphatic heterocycles. The Labute approximate surface area is 141 Å². The fourth-order valence-corrected chi connectivity index (χ4v) is 3.38. The molecule has 0 saturated carbocycles. The molecule has 0 bridgehead atoms. The quantitative estimate of drug-likeness (QED) is 0.810. The lowest BCUT2D eigenvalue weighted by Gasteiger charge is -2.27. The number of unbranched alkanes of at least 4 members (excludes halogenated alkanes) is 1. The molecule has 1 saturated heterocycles. The first-order valence-corrected chi connectivity index (χ1v) is 8.56. The SMILES string of the molecule is O=C(O)CCCCC(=O)N1CCCC1c1ccc2c(c1)OCCO2. The molecule has 1 unspecified atom stereocenters. The maximum atomic E-state index is 12.5. The third-order valence-corrected chi connectivity index (χ3v) is 4.56. The van der Waals surface area contributed by atoms with E-state index in [0.717, 1.165) is 36.4 Å². The highest BCUT2D eigenvalue weighted by molar-refractivity contribution is 5.77. The Morgan fingerprint density at radius 1 is 1.12 bits per heavy atom. The zero-order valence-electron chi connectivity index (χ0n) is 13.7. The summed E-state index contributed by atoms with van der Waals surface area (Å²) in [6.07, 6.45) is 3.63. The number of benzene rings is 1. The highest BCUT2D eigenvalue weighted by Crippen LogP contribution is 2.38. The average Bonchev–Trinajstić information content (AvgIpc) is 3.07. The Hall–Kier alpha value is -2.24. The first-order chi connectivity index (χ1) is 11.6. The van der Waals surface area contributed by atoms with Crippen LogP contribution in [0, 0.1) is 0 Å². The highest BCUT2D eigenvalue weighted by Gasteiger charge is 2.30. The highest BCUT2D eigenvalue weighted by atomic mass is 16.6. The molecule has 0 spiro atoms. The molecule has 0 radical (unpaired) electrons. The van der Waals surface area contributed by atoms with E-state index in [-0.39, 0.29) is 18.4 Å². The molecule has 2 aliphatic rings. The van der Waals surface area contributed by atoms with Crippen molar-refractivity contribution in [2.75, 3.05) is 19.8 Å². The zero-order valence-corrected chi connectivity index (χ0v) is 13.7. The summed E-state index contributed by atoms with van der Waals surface area (Å²) in [7, 11) is 0. The number of fused-ring (bicyclic) bond motifs is 1. The first kappa shape index (κ1) is 16.6. The molecule has 0 aromatic heterocycles. The van der Waals surface area contributed by atoms with Crippen molar-refractivity contribution in [2.45, 2.75) is 44.6 Å². The van der Waals surface area contributed by atoms with Gasteiger partial charge in [0, 0.05) is 19.4 Å². The standard InChI is InChI=1S/C18H23NO5/c20-17(5-1-2-6-18(21)22)19-9-3-4-14(19)13-7-8-15-16(12-13)24-11-10-23-15/h7-8,12,14H,1-6,9-11H2,(H,21,22). The van der Waals surface area contributed by atoms with Gasteiger partial charge in [-0.2, -0.15) is 0 Å². The van der Waals surface area contributed by atoms with E-state index in [1.165, 1.54) is 0 Å². The molecule has 0 aliphatic carbocycles. The van der Waals surface area contributed by atoms with Crippen LogP contribution < -0.4 is 9.47 Å². The second-order valence-electron chi connectivity index (χ2n) is 6.25. The smallest absolute Gasteiger partial charge is 0.303 e. The Balaban J connectivity index is 1.62. The number of rotatable bonds is 6. The van der Waals surface area contributed by atoms with Gasteiger partial charge in [0.1, 0.15) is 13.2 Å². The lowest BCUT2D eigenvalue weighted by Crippen LogP contribution is -2.30. The van der Waals surface area contributed by atoms with Crippen molar-refractivity contribution in [3.8, 4) is 11.5 Å². The summed E-state index contributed by atoms with van der Waals surface area (Å²) in [5.41, 5.74) is 1.08. The molecule has 1 atom stereocenters. The van der Waals surface area contributed by atoms with E-state index in [9.17, 15) is 9.59 Å². The van der Waals surface area contributed by atoms with E-state index in [1.54, 1.807) is 0 Å². The molecule has 6 heteroatoms. The Morgan fingerprint density at radius 2 is 1.88 bits per heavy atom. The summed E-state index contributed by atoms with van der Waals surface area (Å²) in [6, 6.07) is 5.98. The fraction of sp³-hybridized carbons (Fsp3) is 0.556. The van der Waals surface area contributed by atoms with Gasteiger partial charge in [0.15, 0.2) is 11.5 Å². The third-order valence-electron chi connectivity index (χ3n) is 4.56. The Kier molecular flexibility index (Phi) is 5.23. The number of carbonyl (C=O) groups excluding carboxylic acids is 1. The number of hydrogen-bond donors (Lipinski definition) is 1. The van der Waals surface area contributed by atoms with Crippen LogP contribution in [-0.2, 0) is 9.59 Å². The molecule has 1 amide bonds. The molecule has 1 aromatic carbocycles. The molecular weight excluding hydrogens is 310 g/mol. The van der Waals surface area contributed by atoms with Crippen molar-refractivity contribution in [1.29, 1.82) is 0 Å². The van der Waals surface area contributed by atoms with Crippen molar-refractivity contribution in [3.05, 3.63) is 23.8 Å². The summed E-state index contributed by atoms with van der Waals surface area (Å²) in [6.45, 7) is 1.88. The normalized spacial score (nSPS) is 19.3. The minimum absolute atomic E-state index is 0.0767. The lowest BCUT2D eigenvalue weighted by molar-refractivity contribution is -0.137. The molecule has 1 N–H and O–H groups in total. The summed E-state index contributed by atoms with van der Waals surface area (Å²) >= 11 is 0. The molecule has 3 rings (SSSR count). The average molecular weight is 333 g/mol. The van der Waals surface area contributed by atoms with Crippen LogP contribution in [0.3, 0.4) is 0 Å². The molecule has 24 heavy (non-hydrogen) atoms. The van der Waals surface area contributed by atoms with Crippen LogP contribution in [-0.4, -0.2) is 41.6 Å². The number of carbonyl (C=O) groups is 2. The number of nitrogens with zero attached hydrogens (tertiary/aromatic N) is 1. The van der Waals surface area contributed by atoms with Gasteiger partial charge in [0.05, 0.1) is 6.04 Å². The predicted molar refractivity (Wildman–Crippen MR) is 87.2 cm³/mol. The molecule has 1 aromatic rings. The Morgan fingerprint density at radius 3 is 2.67 bits per heavy atom. The van der Waals surface area contributed by atoms with E-state index in [1.807, 2.05) is 23.1 Å². The minimum Gasteiger partial charge on any atom is -0.486 e. The number of carboxylic acid groups (broad SMARTS) is 1. The molecule has 130 valence electrons. The van der Waals surface area contributed by atoms with Gasteiger partial charge in [-0.1, -0.05) is 6.07 Å². The maximum Gasteiger partial charge on any atom is 0.303 e. The number of aliphatic carboxylic acids is 1. The third kappa shape index (κ3) is 3.80. The van der Waals surface area contributed by atoms with Crippen molar-refractivity contribution in [3.63, 3.8) is 0 Å². The van der Waals surface area contributed by atoms with Crippen LogP contribution in [0.5, 0.6) is 11.5 Å². The fourth-order valence-electron chi connectivity index (χ4n) is 3.38. The number of likely N-dealkylation sites (tertiary alicyclic amines) is 1. The van der Waals surface area contributed by atoms with Gasteiger partial charge in [0.2, 0.25) is 5.91 Å². The summed E-state index contributed by atoms with van der Waals surface area (Å²) in [4.78, 5) is 24.9. The van der Waals surface area contributed by atoms with Gasteiger partial charge in [-0.3, -0.25) is 9.59 Å². The number of carboxylic acids is 1. The predicted octanol–water partition coefficient (Wildman–Crippen LogP) is 2.77. The van der Waals surface area contributed by atoms with Crippen LogP contribution in [0.1, 0.15) is 50.1 Å². The first-order valence-electron chi connectivity index (χ1n) is 8.56. The van der Waals surface area contributed by atoms with Crippen LogP contribution in [0.4, 0.5) is 0 Å². The van der Waals surface area contributed by atoms with Crippen molar-refractivity contribution in [1.82, 2.24) is 4.90 Å². The monoisotopic (exact) mass is 333 g/mol. The molecule has 6 nitrogen and oxygen atoms in total. The number of amides is 1. The second kappa shape index (κ2) is 7.55. The van der Waals surface area contributed by atoms with E-state index in [0.29, 0.717) is 32.5 Å². The summed E-state index contributed by atoms with van der Waals surface area (Å²) in [5, 5.41) is 8.66. The lowest BCUT2D eigenvalue weighted by atomic mass is 10.0. The summed E-state index contributed by atoms with van der Waals surface area (Å²) < 4.78 is 11.2. The van der Waals surface area contributed by atoms with Crippen LogP contribution in [0.25, 0.3) is 0 Å². The van der Waals surface area contributed by atoms with Crippen molar-refractivity contribution < 1.29 is 24.2 Å². The van der Waals surface area contributed by atoms with Gasteiger partial charge in [-0.15, -0.1) is 0 Å². The maximum absolute atomic E-state index is 12.5. The Bertz CT molecular complexity index is 615. The topological polar surface area (TPSA) is 76.1 Å². The van der Waals surface area contributed by atoms with Gasteiger partial charge < -0.3 is 19.5 Å². The largest absolute Gasteiger partial charge is 0.486 e. The van der Waals surface area contributed by atoms with Crippen LogP contribution >= 0.6 is 0 Å². The van der Waals surface area contributed by atoms with Crippen molar-refractivity contribution in [2.24, 2.45) is 0 Å². The van der Waals surface area contributed by atoms with Gasteiger partial charge >= 0.3 is 5.97 Å². The van der Waals surface area contributed by atoms with Crippen LogP contribution in [0.15, 0.2) is 18.2 Å². The molecule has 1 fully saturated rings. The number of hydrogen-bond acceptors (Lipinski definition) is 4. The van der Waals surface area contributed by atoms with E-state index < -0.39 is 5.97 Å². The van der Waals surface area contributed by atoms with Crippen molar-refractivity contribution >= 4 is 11.9 Å². The van der Waals surface area contributed by atoms with Gasteiger partial charge in [-0.05, 0) is 43.4 Å². The van der Waals surface area contributed by atoms with E-state index in [2.05, 4.69) is 0 Å². The molecule has 2 heterocycles. The van der Waals surface area contributed by atoms with Gasteiger partial charge in [-0.25, -0.2) is 0 Å². The van der Waals surface area contributed by atoms with E-state index >= 15 is 0 Å². The zero-order chi connectivity index (χ0) is 16.9. The minimum atomic E-state index is -0.808.